The highest BCUT2D eigenvalue weighted by Gasteiger charge is 2.00. The van der Waals surface area contributed by atoms with Crippen molar-refractivity contribution in [3.63, 3.8) is 0 Å². The van der Waals surface area contributed by atoms with E-state index >= 15 is 0 Å². The van der Waals surface area contributed by atoms with Crippen molar-refractivity contribution in [2.45, 2.75) is 13.0 Å². The summed E-state index contributed by atoms with van der Waals surface area (Å²) in [4.78, 5) is 19.9. The summed E-state index contributed by atoms with van der Waals surface area (Å²) in [6, 6.07) is -0.686. The lowest BCUT2D eigenvalue weighted by Gasteiger charge is -2.01. The molecule has 1 atom stereocenters. The predicted molar refractivity (Wildman–Crippen MR) is 30.7 cm³/mol. The molecular formula is C5H9NO3. The molecule has 0 aliphatic heterocycles. The summed E-state index contributed by atoms with van der Waals surface area (Å²) < 4.78 is 4.40. The molecular weight excluding hydrogens is 122 g/mol. The van der Waals surface area contributed by atoms with Gasteiger partial charge in [-0.3, -0.25) is 4.79 Å². The number of rotatable bonds is 3. The Morgan fingerprint density at radius 2 is 2.44 bits per heavy atom. The van der Waals surface area contributed by atoms with E-state index in [-0.39, 0.29) is 6.61 Å². The first kappa shape index (κ1) is 8.10. The van der Waals surface area contributed by atoms with Crippen LogP contribution in [0.1, 0.15) is 6.92 Å². The number of nitrogens with two attached hydrogens (primary N) is 1. The number of hydrogen-bond donors (Lipinski definition) is 1. The zero-order valence-corrected chi connectivity index (χ0v) is 5.16. The van der Waals surface area contributed by atoms with Crippen molar-refractivity contribution in [3.05, 3.63) is 0 Å². The van der Waals surface area contributed by atoms with Gasteiger partial charge in [0.25, 0.3) is 0 Å². The summed E-state index contributed by atoms with van der Waals surface area (Å²) in [6.07, 6.45) is 0.531. The topological polar surface area (TPSA) is 69.4 Å². The first-order chi connectivity index (χ1) is 4.16. The lowest BCUT2D eigenvalue weighted by molar-refractivity contribution is -0.141. The maximum Gasteiger partial charge on any atom is 0.302 e. The van der Waals surface area contributed by atoms with E-state index in [1.807, 2.05) is 0 Å². The molecule has 0 aromatic heterocycles. The molecule has 4 heteroatoms. The SMILES string of the molecule is CC(=O)OC[C@@H](N)C=O. The summed E-state index contributed by atoms with van der Waals surface area (Å²) in [7, 11) is 0. The average molecular weight is 131 g/mol. The van der Waals surface area contributed by atoms with Gasteiger partial charge in [0.15, 0.2) is 0 Å². The van der Waals surface area contributed by atoms with E-state index in [0.29, 0.717) is 6.29 Å². The number of ether oxygens (including phenoxy) is 1. The van der Waals surface area contributed by atoms with E-state index in [4.69, 9.17) is 5.73 Å². The molecule has 4 nitrogen and oxygen atoms in total. The van der Waals surface area contributed by atoms with Gasteiger partial charge >= 0.3 is 5.97 Å². The van der Waals surface area contributed by atoms with Crippen LogP contribution in [0.3, 0.4) is 0 Å². The number of aldehydes is 1. The average Bonchev–Trinajstić information content (AvgIpc) is 1.83. The first-order valence-electron chi connectivity index (χ1n) is 2.51. The molecule has 0 heterocycles. The van der Waals surface area contributed by atoms with Crippen molar-refractivity contribution in [2.24, 2.45) is 5.73 Å². The van der Waals surface area contributed by atoms with Crippen LogP contribution in [0.15, 0.2) is 0 Å². The standard InChI is InChI=1S/C5H9NO3/c1-4(8)9-3-5(6)2-7/h2,5H,3,6H2,1H3/t5-/m0/s1. The fraction of sp³-hybridized carbons (Fsp3) is 0.600. The van der Waals surface area contributed by atoms with Crippen LogP contribution >= 0.6 is 0 Å². The normalized spacial score (nSPS) is 12.2. The molecule has 9 heavy (non-hydrogen) atoms. The minimum Gasteiger partial charge on any atom is -0.464 e. The minimum atomic E-state index is -0.686. The highest BCUT2D eigenvalue weighted by Crippen LogP contribution is 1.77. The molecule has 0 aromatic rings. The van der Waals surface area contributed by atoms with Crippen molar-refractivity contribution in [1.29, 1.82) is 0 Å². The van der Waals surface area contributed by atoms with Crippen LogP contribution in [0, 0.1) is 0 Å². The van der Waals surface area contributed by atoms with Gasteiger partial charge in [-0.1, -0.05) is 0 Å². The first-order valence-corrected chi connectivity index (χ1v) is 2.51. The van der Waals surface area contributed by atoms with Gasteiger partial charge in [-0.25, -0.2) is 0 Å². The zero-order valence-electron chi connectivity index (χ0n) is 5.16. The molecule has 0 bridgehead atoms. The highest BCUT2D eigenvalue weighted by atomic mass is 16.5. The molecule has 52 valence electrons. The zero-order chi connectivity index (χ0) is 7.28. The molecule has 0 saturated carbocycles. The van der Waals surface area contributed by atoms with Gasteiger partial charge in [-0.15, -0.1) is 0 Å². The second kappa shape index (κ2) is 4.03. The fourth-order valence-electron chi connectivity index (χ4n) is 0.253. The smallest absolute Gasteiger partial charge is 0.302 e. The Hall–Kier alpha value is -0.900. The minimum absolute atomic E-state index is 0.0289. The lowest BCUT2D eigenvalue weighted by atomic mass is 10.4. The van der Waals surface area contributed by atoms with Crippen molar-refractivity contribution < 1.29 is 14.3 Å². The maximum absolute atomic E-state index is 10.1. The number of carbonyl (C=O) groups excluding carboxylic acids is 2. The van der Waals surface area contributed by atoms with Gasteiger partial charge in [-0.05, 0) is 0 Å². The summed E-state index contributed by atoms with van der Waals surface area (Å²) >= 11 is 0. The molecule has 0 radical (unpaired) electrons. The highest BCUT2D eigenvalue weighted by molar-refractivity contribution is 5.66. The number of hydrogen-bond acceptors (Lipinski definition) is 4. The van der Waals surface area contributed by atoms with E-state index in [2.05, 4.69) is 4.74 Å². The molecule has 0 saturated heterocycles. The van der Waals surface area contributed by atoms with E-state index in [9.17, 15) is 9.59 Å². The van der Waals surface area contributed by atoms with Crippen molar-refractivity contribution in [2.75, 3.05) is 6.61 Å². The third-order valence-electron chi connectivity index (χ3n) is 0.654. The Kier molecular flexibility index (Phi) is 3.62. The second-order valence-electron chi connectivity index (χ2n) is 1.60. The molecule has 0 aliphatic carbocycles. The van der Waals surface area contributed by atoms with Gasteiger partial charge in [0.1, 0.15) is 12.9 Å². The Bertz CT molecular complexity index is 113. The fourth-order valence-corrected chi connectivity index (χ4v) is 0.253. The van der Waals surface area contributed by atoms with E-state index in [1.165, 1.54) is 6.92 Å². The number of carbonyl (C=O) groups is 2. The van der Waals surface area contributed by atoms with E-state index in [1.54, 1.807) is 0 Å². The van der Waals surface area contributed by atoms with Crippen LogP contribution in [0.2, 0.25) is 0 Å². The predicted octanol–water partition coefficient (Wildman–Crippen LogP) is -0.924. The molecule has 2 N–H and O–H groups in total. The van der Waals surface area contributed by atoms with Gasteiger partial charge < -0.3 is 15.3 Å². The van der Waals surface area contributed by atoms with Crippen molar-refractivity contribution in [3.8, 4) is 0 Å². The van der Waals surface area contributed by atoms with E-state index < -0.39 is 12.0 Å². The van der Waals surface area contributed by atoms with Crippen LogP contribution in [0.4, 0.5) is 0 Å². The number of esters is 1. The summed E-state index contributed by atoms with van der Waals surface area (Å²) in [5.74, 6) is -0.424. The quantitative estimate of drug-likeness (QED) is 0.397. The van der Waals surface area contributed by atoms with Gasteiger partial charge in [0.2, 0.25) is 0 Å². The molecule has 0 aromatic carbocycles. The molecule has 0 rings (SSSR count). The van der Waals surface area contributed by atoms with Crippen LogP contribution in [-0.4, -0.2) is 24.9 Å². The molecule has 0 aliphatic rings. The van der Waals surface area contributed by atoms with Crippen LogP contribution in [-0.2, 0) is 14.3 Å². The lowest BCUT2D eigenvalue weighted by Crippen LogP contribution is -2.28. The van der Waals surface area contributed by atoms with E-state index in [0.717, 1.165) is 0 Å². The second-order valence-corrected chi connectivity index (χ2v) is 1.60. The summed E-state index contributed by atoms with van der Waals surface area (Å²) in [6.45, 7) is 1.23. The Morgan fingerprint density at radius 1 is 1.89 bits per heavy atom. The van der Waals surface area contributed by atoms with Crippen LogP contribution < -0.4 is 5.73 Å². The third-order valence-corrected chi connectivity index (χ3v) is 0.654. The Morgan fingerprint density at radius 3 is 2.78 bits per heavy atom. The van der Waals surface area contributed by atoms with Crippen LogP contribution in [0.25, 0.3) is 0 Å². The molecule has 0 spiro atoms. The molecule has 0 amide bonds. The monoisotopic (exact) mass is 131 g/mol. The largest absolute Gasteiger partial charge is 0.464 e. The molecule has 0 fully saturated rings. The van der Waals surface area contributed by atoms with Crippen molar-refractivity contribution >= 4 is 12.3 Å². The van der Waals surface area contributed by atoms with Crippen LogP contribution in [0.5, 0.6) is 0 Å². The Labute approximate surface area is 53.0 Å². The maximum atomic E-state index is 10.1. The van der Waals surface area contributed by atoms with Gasteiger partial charge in [0, 0.05) is 6.92 Å². The van der Waals surface area contributed by atoms with Gasteiger partial charge in [0.05, 0.1) is 6.04 Å². The molecule has 0 unspecified atom stereocenters. The summed E-state index contributed by atoms with van der Waals surface area (Å²) in [5, 5.41) is 0. The van der Waals surface area contributed by atoms with Gasteiger partial charge in [-0.2, -0.15) is 0 Å². The Balaban J connectivity index is 3.26. The summed E-state index contributed by atoms with van der Waals surface area (Å²) in [5.41, 5.74) is 5.08. The third kappa shape index (κ3) is 4.96. The van der Waals surface area contributed by atoms with Crippen molar-refractivity contribution in [1.82, 2.24) is 0 Å².